The van der Waals surface area contributed by atoms with E-state index in [0.717, 1.165) is 6.07 Å². The van der Waals surface area contributed by atoms with Crippen molar-refractivity contribution in [1.82, 2.24) is 19.5 Å². The number of nitro groups is 1. The fraction of sp³-hybridized carbons (Fsp3) is 0.316. The SMILES string of the molecule is Cc1cc(-c2cn(-c3ccc([N+](=O)[O-])cc3F)cn2)nc(N2CCC(F)(F)CC2)n1. The van der Waals surface area contributed by atoms with Crippen molar-refractivity contribution in [2.24, 2.45) is 0 Å². The lowest BCUT2D eigenvalue weighted by Gasteiger charge is -2.31. The van der Waals surface area contributed by atoms with Crippen LogP contribution in [0.1, 0.15) is 18.5 Å². The van der Waals surface area contributed by atoms with Crippen LogP contribution in [-0.4, -0.2) is 43.5 Å². The molecule has 0 amide bonds. The minimum absolute atomic E-state index is 0.101. The van der Waals surface area contributed by atoms with Gasteiger partial charge >= 0.3 is 0 Å². The monoisotopic (exact) mass is 418 g/mol. The zero-order chi connectivity index (χ0) is 21.5. The van der Waals surface area contributed by atoms with Gasteiger partial charge in [-0.05, 0) is 19.1 Å². The largest absolute Gasteiger partial charge is 0.340 e. The fourth-order valence-electron chi connectivity index (χ4n) is 3.26. The number of anilines is 1. The molecule has 0 unspecified atom stereocenters. The first-order valence-corrected chi connectivity index (χ1v) is 9.19. The van der Waals surface area contributed by atoms with Crippen LogP contribution >= 0.6 is 0 Å². The highest BCUT2D eigenvalue weighted by Crippen LogP contribution is 2.30. The number of aryl methyl sites for hydroxylation is 1. The summed E-state index contributed by atoms with van der Waals surface area (Å²) in [4.78, 5) is 24.9. The van der Waals surface area contributed by atoms with Crippen LogP contribution in [0.2, 0.25) is 0 Å². The van der Waals surface area contributed by atoms with E-state index in [1.165, 1.54) is 23.0 Å². The predicted octanol–water partition coefficient (Wildman–Crippen LogP) is 3.92. The van der Waals surface area contributed by atoms with E-state index < -0.39 is 16.7 Å². The van der Waals surface area contributed by atoms with Gasteiger partial charge in [-0.1, -0.05) is 0 Å². The molecule has 2 aromatic heterocycles. The number of aromatic nitrogens is 4. The van der Waals surface area contributed by atoms with Gasteiger partial charge in [-0.25, -0.2) is 28.1 Å². The Kier molecular flexibility index (Phi) is 4.88. The standard InChI is InChI=1S/C19H17F3N6O2/c1-12-8-15(25-18(24-12)26-6-4-19(21,22)5-7-26)16-10-27(11-23-16)17-3-2-13(28(29)30)9-14(17)20/h2-3,8-11H,4-7H2,1H3. The van der Waals surface area contributed by atoms with E-state index in [-0.39, 0.29) is 37.3 Å². The van der Waals surface area contributed by atoms with Crippen LogP contribution in [-0.2, 0) is 0 Å². The minimum atomic E-state index is -2.67. The maximum Gasteiger partial charge on any atom is 0.272 e. The Morgan fingerprint density at radius 2 is 1.87 bits per heavy atom. The highest BCUT2D eigenvalue weighted by molar-refractivity contribution is 5.57. The van der Waals surface area contributed by atoms with E-state index in [1.807, 2.05) is 0 Å². The molecule has 1 aliphatic rings. The number of non-ortho nitro benzene ring substituents is 1. The Labute approximate surface area is 169 Å². The molecule has 0 aliphatic carbocycles. The summed E-state index contributed by atoms with van der Waals surface area (Å²) in [5, 5.41) is 10.8. The summed E-state index contributed by atoms with van der Waals surface area (Å²) in [7, 11) is 0. The summed E-state index contributed by atoms with van der Waals surface area (Å²) in [6.45, 7) is 2.07. The summed E-state index contributed by atoms with van der Waals surface area (Å²) in [5.41, 5.74) is 1.30. The molecule has 4 rings (SSSR count). The molecule has 11 heteroatoms. The molecule has 1 saturated heterocycles. The first kappa shape index (κ1) is 19.8. The molecule has 0 radical (unpaired) electrons. The van der Waals surface area contributed by atoms with E-state index in [9.17, 15) is 23.3 Å². The Morgan fingerprint density at radius 1 is 1.13 bits per heavy atom. The van der Waals surface area contributed by atoms with Crippen LogP contribution in [0.4, 0.5) is 24.8 Å². The number of rotatable bonds is 4. The van der Waals surface area contributed by atoms with E-state index in [0.29, 0.717) is 23.0 Å². The van der Waals surface area contributed by atoms with Crippen LogP contribution < -0.4 is 4.90 Å². The molecule has 3 aromatic rings. The van der Waals surface area contributed by atoms with Gasteiger partial charge in [-0.3, -0.25) is 10.1 Å². The van der Waals surface area contributed by atoms with Gasteiger partial charge in [0, 0.05) is 43.9 Å². The quantitative estimate of drug-likeness (QED) is 0.471. The van der Waals surface area contributed by atoms with Crippen molar-refractivity contribution < 1.29 is 18.1 Å². The van der Waals surface area contributed by atoms with Crippen molar-refractivity contribution in [2.75, 3.05) is 18.0 Å². The summed E-state index contributed by atoms with van der Waals surface area (Å²) in [5.74, 6) is -3.09. The number of hydrogen-bond acceptors (Lipinski definition) is 6. The highest BCUT2D eigenvalue weighted by atomic mass is 19.3. The topological polar surface area (TPSA) is 90.0 Å². The molecule has 0 spiro atoms. The predicted molar refractivity (Wildman–Crippen MR) is 102 cm³/mol. The van der Waals surface area contributed by atoms with Gasteiger partial charge < -0.3 is 9.47 Å². The maximum absolute atomic E-state index is 14.3. The van der Waals surface area contributed by atoms with E-state index in [1.54, 1.807) is 24.1 Å². The zero-order valence-corrected chi connectivity index (χ0v) is 15.9. The van der Waals surface area contributed by atoms with Crippen LogP contribution in [0.5, 0.6) is 0 Å². The normalized spacial score (nSPS) is 15.9. The molecule has 156 valence electrons. The van der Waals surface area contributed by atoms with Crippen molar-refractivity contribution in [2.45, 2.75) is 25.7 Å². The van der Waals surface area contributed by atoms with Gasteiger partial charge in [0.2, 0.25) is 5.95 Å². The van der Waals surface area contributed by atoms with E-state index in [4.69, 9.17) is 0 Å². The smallest absolute Gasteiger partial charge is 0.272 e. The van der Waals surface area contributed by atoms with E-state index in [2.05, 4.69) is 15.0 Å². The Hall–Kier alpha value is -3.50. The number of nitro benzene ring substituents is 1. The highest BCUT2D eigenvalue weighted by Gasteiger charge is 2.35. The average molecular weight is 418 g/mol. The molecule has 3 heterocycles. The number of nitrogens with zero attached hydrogens (tertiary/aromatic N) is 6. The minimum Gasteiger partial charge on any atom is -0.340 e. The Bertz CT molecular complexity index is 1110. The van der Waals surface area contributed by atoms with E-state index >= 15 is 0 Å². The van der Waals surface area contributed by atoms with Gasteiger partial charge in [0.25, 0.3) is 11.6 Å². The molecule has 1 aliphatic heterocycles. The lowest BCUT2D eigenvalue weighted by atomic mass is 10.1. The number of alkyl halides is 2. The van der Waals surface area contributed by atoms with Crippen LogP contribution in [0.25, 0.3) is 17.1 Å². The number of imidazole rings is 1. The summed E-state index contributed by atoms with van der Waals surface area (Å²) in [6.07, 6.45) is 2.40. The van der Waals surface area contributed by atoms with Crippen molar-refractivity contribution in [1.29, 1.82) is 0 Å². The first-order chi connectivity index (χ1) is 14.2. The van der Waals surface area contributed by atoms with Crippen molar-refractivity contribution in [3.8, 4) is 17.1 Å². The molecular formula is C19H17F3N6O2. The second-order valence-electron chi connectivity index (χ2n) is 7.10. The third-order valence-electron chi connectivity index (χ3n) is 4.89. The molecule has 0 bridgehead atoms. The molecule has 0 saturated carbocycles. The average Bonchev–Trinajstić information content (AvgIpc) is 3.17. The van der Waals surface area contributed by atoms with Crippen molar-refractivity contribution >= 4 is 11.6 Å². The van der Waals surface area contributed by atoms with Gasteiger partial charge in [0.1, 0.15) is 12.0 Å². The number of hydrogen-bond donors (Lipinski definition) is 0. The number of piperidine rings is 1. The maximum atomic E-state index is 14.3. The fourth-order valence-corrected chi connectivity index (χ4v) is 3.26. The lowest BCUT2D eigenvalue weighted by molar-refractivity contribution is -0.385. The van der Waals surface area contributed by atoms with Crippen LogP contribution in [0.3, 0.4) is 0 Å². The lowest BCUT2D eigenvalue weighted by Crippen LogP contribution is -2.40. The Balaban J connectivity index is 1.62. The number of benzene rings is 1. The first-order valence-electron chi connectivity index (χ1n) is 9.19. The molecule has 0 N–H and O–H groups in total. The zero-order valence-electron chi connectivity index (χ0n) is 15.9. The molecule has 8 nitrogen and oxygen atoms in total. The van der Waals surface area contributed by atoms with Gasteiger partial charge in [-0.2, -0.15) is 0 Å². The van der Waals surface area contributed by atoms with Crippen molar-refractivity contribution in [3.63, 3.8) is 0 Å². The molecular weight excluding hydrogens is 401 g/mol. The summed E-state index contributed by atoms with van der Waals surface area (Å²) >= 11 is 0. The van der Waals surface area contributed by atoms with Crippen LogP contribution in [0, 0.1) is 22.9 Å². The molecule has 30 heavy (non-hydrogen) atoms. The van der Waals surface area contributed by atoms with Gasteiger partial charge in [-0.15, -0.1) is 0 Å². The third-order valence-corrected chi connectivity index (χ3v) is 4.89. The second kappa shape index (κ2) is 7.39. The summed E-state index contributed by atoms with van der Waals surface area (Å²) < 4.78 is 42.6. The third kappa shape index (κ3) is 3.95. The number of halogens is 3. The molecule has 0 atom stereocenters. The van der Waals surface area contributed by atoms with Gasteiger partial charge in [0.05, 0.1) is 22.4 Å². The molecule has 1 fully saturated rings. The second-order valence-corrected chi connectivity index (χ2v) is 7.10. The molecule has 1 aromatic carbocycles. The Morgan fingerprint density at radius 3 is 2.53 bits per heavy atom. The van der Waals surface area contributed by atoms with Gasteiger partial charge in [0.15, 0.2) is 5.82 Å². The summed E-state index contributed by atoms with van der Waals surface area (Å²) in [6, 6.07) is 5.04. The van der Waals surface area contributed by atoms with Crippen LogP contribution in [0.15, 0.2) is 36.8 Å². The van der Waals surface area contributed by atoms with Crippen molar-refractivity contribution in [3.05, 3.63) is 58.4 Å².